The summed E-state index contributed by atoms with van der Waals surface area (Å²) in [5, 5.41) is 2.59. The number of esters is 1. The highest BCUT2D eigenvalue weighted by atomic mass is 32.2. The first-order chi connectivity index (χ1) is 13.3. The van der Waals surface area contributed by atoms with Gasteiger partial charge in [-0.25, -0.2) is 0 Å². The van der Waals surface area contributed by atoms with Gasteiger partial charge < -0.3 is 15.0 Å². The maximum absolute atomic E-state index is 12.3. The van der Waals surface area contributed by atoms with Crippen molar-refractivity contribution in [2.75, 3.05) is 19.6 Å². The summed E-state index contributed by atoms with van der Waals surface area (Å²) < 4.78 is 33.6. The van der Waals surface area contributed by atoms with Gasteiger partial charge in [0, 0.05) is 25.2 Å². The molecule has 8 nitrogen and oxygen atoms in total. The Balaban J connectivity index is 1.59. The molecule has 1 aromatic rings. The smallest absolute Gasteiger partial charge is 0.309 e. The van der Waals surface area contributed by atoms with E-state index in [4.69, 9.17) is 4.74 Å². The first-order valence-electron chi connectivity index (χ1n) is 9.12. The molecule has 0 unspecified atom stereocenters. The molecule has 0 aliphatic carbocycles. The van der Waals surface area contributed by atoms with Crippen LogP contribution in [0.25, 0.3) is 0 Å². The number of sulfonamides is 1. The molecule has 0 spiro atoms. The van der Waals surface area contributed by atoms with E-state index in [2.05, 4.69) is 16.3 Å². The molecule has 1 N–H and O–H groups in total. The average molecular weight is 405 g/mol. The Hall–Kier alpha value is -2.68. The van der Waals surface area contributed by atoms with Crippen LogP contribution in [0.5, 0.6) is 0 Å². The summed E-state index contributed by atoms with van der Waals surface area (Å²) in [5.74, 6) is -0.686. The van der Waals surface area contributed by atoms with Gasteiger partial charge in [-0.2, -0.15) is 8.42 Å². The molecule has 28 heavy (non-hydrogen) atoms. The number of rotatable bonds is 5. The van der Waals surface area contributed by atoms with Crippen LogP contribution in [0.4, 0.5) is 0 Å². The van der Waals surface area contributed by atoms with Crippen LogP contribution < -0.4 is 5.32 Å². The number of likely N-dealkylation sites (tertiary alicyclic amines) is 1. The van der Waals surface area contributed by atoms with E-state index in [9.17, 15) is 18.0 Å². The highest BCUT2D eigenvalue weighted by Crippen LogP contribution is 2.30. The second-order valence-electron chi connectivity index (χ2n) is 6.76. The molecular weight excluding hydrogens is 382 g/mol. The van der Waals surface area contributed by atoms with E-state index in [1.54, 1.807) is 30.3 Å². The van der Waals surface area contributed by atoms with Gasteiger partial charge in [0.15, 0.2) is 11.9 Å². The quantitative estimate of drug-likeness (QED) is 0.581. The van der Waals surface area contributed by atoms with Crippen molar-refractivity contribution in [1.82, 2.24) is 10.2 Å². The maximum Gasteiger partial charge on any atom is 0.309 e. The monoisotopic (exact) mass is 405 g/mol. The first kappa shape index (κ1) is 20.1. The van der Waals surface area contributed by atoms with Gasteiger partial charge in [-0.3, -0.25) is 9.59 Å². The standard InChI is InChI=1S/C19H23N3O5S/c1-3-10-20-18(23)13(2)27-19(24)14-8-11-22(12-9-14)17-15-6-4-5-7-16(15)28(25,26)21-17/h3-7,13-14H,1,8-12H2,2H3,(H,20,23)/t13-/m0/s1. The van der Waals surface area contributed by atoms with E-state index in [1.807, 2.05) is 4.90 Å². The molecule has 9 heteroatoms. The van der Waals surface area contributed by atoms with Crippen molar-refractivity contribution in [3.8, 4) is 0 Å². The largest absolute Gasteiger partial charge is 0.452 e. The van der Waals surface area contributed by atoms with Crippen LogP contribution in [-0.2, 0) is 24.3 Å². The molecule has 1 saturated heterocycles. The molecule has 1 amide bonds. The third-order valence-corrected chi connectivity index (χ3v) is 6.15. The summed E-state index contributed by atoms with van der Waals surface area (Å²) in [6.45, 7) is 6.33. The van der Waals surface area contributed by atoms with Crippen LogP contribution in [0.15, 0.2) is 46.2 Å². The summed E-state index contributed by atoms with van der Waals surface area (Å²) >= 11 is 0. The minimum Gasteiger partial charge on any atom is -0.452 e. The van der Waals surface area contributed by atoms with Crippen LogP contribution in [-0.4, -0.2) is 56.8 Å². The van der Waals surface area contributed by atoms with Crippen LogP contribution in [0.2, 0.25) is 0 Å². The minimum absolute atomic E-state index is 0.214. The van der Waals surface area contributed by atoms with Gasteiger partial charge in [-0.1, -0.05) is 18.2 Å². The number of fused-ring (bicyclic) bond motifs is 1. The Morgan fingerprint density at radius 1 is 1.36 bits per heavy atom. The molecule has 1 fully saturated rings. The fourth-order valence-electron chi connectivity index (χ4n) is 3.28. The maximum atomic E-state index is 12.3. The van der Waals surface area contributed by atoms with Gasteiger partial charge >= 0.3 is 5.97 Å². The predicted molar refractivity (Wildman–Crippen MR) is 103 cm³/mol. The summed E-state index contributed by atoms with van der Waals surface area (Å²) in [6.07, 6.45) is 1.68. The molecule has 2 aliphatic rings. The number of piperidine rings is 1. The van der Waals surface area contributed by atoms with E-state index >= 15 is 0 Å². The lowest BCUT2D eigenvalue weighted by Gasteiger charge is -2.32. The second-order valence-corrected chi connectivity index (χ2v) is 8.33. The van der Waals surface area contributed by atoms with Crippen LogP contribution >= 0.6 is 0 Å². The Labute approximate surface area is 164 Å². The van der Waals surface area contributed by atoms with Crippen molar-refractivity contribution in [2.24, 2.45) is 10.3 Å². The Bertz CT molecular complexity index is 917. The number of carbonyl (C=O) groups is 2. The van der Waals surface area contributed by atoms with Crippen molar-refractivity contribution in [3.63, 3.8) is 0 Å². The lowest BCUT2D eigenvalue weighted by atomic mass is 9.96. The third-order valence-electron chi connectivity index (χ3n) is 4.82. The Morgan fingerprint density at radius 3 is 2.71 bits per heavy atom. The number of nitrogens with zero attached hydrogens (tertiary/aromatic N) is 2. The zero-order valence-corrected chi connectivity index (χ0v) is 16.4. The number of benzene rings is 1. The van der Waals surface area contributed by atoms with Crippen molar-refractivity contribution >= 4 is 27.7 Å². The molecule has 0 radical (unpaired) electrons. The van der Waals surface area contributed by atoms with Gasteiger partial charge in [-0.05, 0) is 31.9 Å². The molecule has 150 valence electrons. The summed E-state index contributed by atoms with van der Waals surface area (Å²) in [7, 11) is -3.66. The van der Waals surface area contributed by atoms with Crippen molar-refractivity contribution in [3.05, 3.63) is 42.5 Å². The summed E-state index contributed by atoms with van der Waals surface area (Å²) in [4.78, 5) is 26.3. The van der Waals surface area contributed by atoms with Crippen molar-refractivity contribution in [1.29, 1.82) is 0 Å². The number of hydrogen-bond donors (Lipinski definition) is 1. The normalized spacial score (nSPS) is 19.3. The molecule has 0 saturated carbocycles. The van der Waals surface area contributed by atoms with Crippen LogP contribution in [0, 0.1) is 5.92 Å². The SMILES string of the molecule is C=CCNC(=O)[C@H](C)OC(=O)C1CCN(C2=NS(=O)(=O)c3ccccc32)CC1. The first-order valence-corrected chi connectivity index (χ1v) is 10.6. The third kappa shape index (κ3) is 4.09. The van der Waals surface area contributed by atoms with Crippen LogP contribution in [0.1, 0.15) is 25.3 Å². The highest BCUT2D eigenvalue weighted by Gasteiger charge is 2.35. The number of hydrogen-bond acceptors (Lipinski definition) is 6. The predicted octanol–water partition coefficient (Wildman–Crippen LogP) is 1.08. The Kier molecular flexibility index (Phi) is 5.83. The van der Waals surface area contributed by atoms with Gasteiger partial charge in [0.2, 0.25) is 0 Å². The topological polar surface area (TPSA) is 105 Å². The van der Waals surface area contributed by atoms with E-state index in [0.29, 0.717) is 43.9 Å². The molecule has 2 aliphatic heterocycles. The number of ether oxygens (including phenoxy) is 1. The Morgan fingerprint density at radius 2 is 2.04 bits per heavy atom. The molecule has 1 aromatic carbocycles. The summed E-state index contributed by atoms with van der Waals surface area (Å²) in [6, 6.07) is 6.73. The zero-order chi connectivity index (χ0) is 20.3. The van der Waals surface area contributed by atoms with Gasteiger partial charge in [0.05, 0.1) is 5.92 Å². The van der Waals surface area contributed by atoms with E-state index < -0.39 is 22.1 Å². The van der Waals surface area contributed by atoms with Gasteiger partial charge in [0.25, 0.3) is 15.9 Å². The van der Waals surface area contributed by atoms with E-state index in [0.717, 1.165) is 0 Å². The fraction of sp³-hybridized carbons (Fsp3) is 0.421. The lowest BCUT2D eigenvalue weighted by Crippen LogP contribution is -2.42. The van der Waals surface area contributed by atoms with Crippen LogP contribution in [0.3, 0.4) is 0 Å². The second kappa shape index (κ2) is 8.14. The number of amides is 1. The molecule has 0 aromatic heterocycles. The van der Waals surface area contributed by atoms with Crippen molar-refractivity contribution in [2.45, 2.75) is 30.8 Å². The molecule has 3 rings (SSSR count). The zero-order valence-electron chi connectivity index (χ0n) is 15.6. The number of amidine groups is 1. The van der Waals surface area contributed by atoms with Gasteiger partial charge in [0.1, 0.15) is 4.90 Å². The van der Waals surface area contributed by atoms with Crippen molar-refractivity contribution < 1.29 is 22.7 Å². The fourth-order valence-corrected chi connectivity index (χ4v) is 4.51. The van der Waals surface area contributed by atoms with Gasteiger partial charge in [-0.15, -0.1) is 11.0 Å². The molecule has 2 heterocycles. The average Bonchev–Trinajstić information content (AvgIpc) is 2.97. The number of nitrogens with one attached hydrogen (secondary N) is 1. The molecule has 0 bridgehead atoms. The number of carbonyl (C=O) groups excluding carboxylic acids is 2. The lowest BCUT2D eigenvalue weighted by molar-refractivity contribution is -0.159. The molecule has 1 atom stereocenters. The minimum atomic E-state index is -3.66. The van der Waals surface area contributed by atoms with E-state index in [1.165, 1.54) is 6.92 Å². The highest BCUT2D eigenvalue weighted by molar-refractivity contribution is 7.90. The molecular formula is C19H23N3O5S. The van der Waals surface area contributed by atoms with E-state index in [-0.39, 0.29) is 16.7 Å². The summed E-state index contributed by atoms with van der Waals surface area (Å²) in [5.41, 5.74) is 0.594.